The summed E-state index contributed by atoms with van der Waals surface area (Å²) in [5.74, 6) is -0.326. The molecule has 2 atom stereocenters. The number of aliphatic hydroxyl groups excluding tert-OH is 1. The lowest BCUT2D eigenvalue weighted by atomic mass is 9.80. The molecule has 0 spiro atoms. The van der Waals surface area contributed by atoms with Crippen molar-refractivity contribution in [2.45, 2.75) is 65.6 Å². The van der Waals surface area contributed by atoms with Crippen molar-refractivity contribution in [1.82, 2.24) is 0 Å². The number of carbonyl (C=O) groups is 1. The first-order valence-corrected chi connectivity index (χ1v) is 9.07. The van der Waals surface area contributed by atoms with Gasteiger partial charge in [0, 0.05) is 6.42 Å². The van der Waals surface area contributed by atoms with Crippen molar-refractivity contribution < 1.29 is 14.6 Å². The van der Waals surface area contributed by atoms with Crippen molar-refractivity contribution in [2.24, 2.45) is 5.41 Å². The average molecular weight is 342 g/mol. The van der Waals surface area contributed by atoms with E-state index in [-0.39, 0.29) is 17.5 Å². The summed E-state index contributed by atoms with van der Waals surface area (Å²) in [6.07, 6.45) is 6.76. The van der Waals surface area contributed by atoms with Gasteiger partial charge in [0.1, 0.15) is 6.10 Å². The first kappa shape index (κ1) is 19.5. The van der Waals surface area contributed by atoms with Gasteiger partial charge in [0.05, 0.1) is 11.7 Å². The molecule has 0 bridgehead atoms. The number of carbonyl (C=O) groups excluding carboxylic acids is 1. The van der Waals surface area contributed by atoms with Crippen LogP contribution >= 0.6 is 0 Å². The molecular weight excluding hydrogens is 312 g/mol. The molecular formula is C22H30O3. The van der Waals surface area contributed by atoms with Crippen molar-refractivity contribution in [2.75, 3.05) is 0 Å². The van der Waals surface area contributed by atoms with Crippen LogP contribution in [-0.4, -0.2) is 23.3 Å². The fourth-order valence-corrected chi connectivity index (χ4v) is 3.06. The predicted octanol–water partition coefficient (Wildman–Crippen LogP) is 5.07. The van der Waals surface area contributed by atoms with Crippen LogP contribution in [0.1, 0.15) is 63.7 Å². The molecule has 136 valence electrons. The van der Waals surface area contributed by atoms with E-state index in [0.29, 0.717) is 12.0 Å². The number of allylic oxidation sites excluding steroid dienone is 1. The quantitative estimate of drug-likeness (QED) is 0.603. The lowest BCUT2D eigenvalue weighted by molar-refractivity contribution is 0.0368. The topological polar surface area (TPSA) is 46.5 Å². The highest BCUT2D eigenvalue weighted by molar-refractivity contribution is 5.89. The first-order valence-electron chi connectivity index (χ1n) is 9.07. The summed E-state index contributed by atoms with van der Waals surface area (Å²) in [6, 6.07) is 9.04. The van der Waals surface area contributed by atoms with Gasteiger partial charge in [0.2, 0.25) is 0 Å². The Morgan fingerprint density at radius 3 is 2.56 bits per heavy atom. The summed E-state index contributed by atoms with van der Waals surface area (Å²) >= 11 is 0. The van der Waals surface area contributed by atoms with Crippen LogP contribution in [0.25, 0.3) is 0 Å². The predicted molar refractivity (Wildman–Crippen MR) is 101 cm³/mol. The van der Waals surface area contributed by atoms with Crippen molar-refractivity contribution in [3.63, 3.8) is 0 Å². The van der Waals surface area contributed by atoms with Crippen molar-refractivity contribution in [3.8, 4) is 0 Å². The first-order chi connectivity index (χ1) is 11.8. The van der Waals surface area contributed by atoms with Crippen LogP contribution in [0.2, 0.25) is 0 Å². The number of esters is 1. The lowest BCUT2D eigenvalue weighted by Gasteiger charge is -2.29. The summed E-state index contributed by atoms with van der Waals surface area (Å²) in [5, 5.41) is 10.6. The second-order valence-corrected chi connectivity index (χ2v) is 7.74. The van der Waals surface area contributed by atoms with Gasteiger partial charge in [-0.05, 0) is 56.2 Å². The molecule has 0 unspecified atom stereocenters. The molecule has 0 heterocycles. The Hall–Kier alpha value is -1.87. The molecule has 2 rings (SSSR count). The zero-order valence-corrected chi connectivity index (χ0v) is 15.8. The van der Waals surface area contributed by atoms with Gasteiger partial charge >= 0.3 is 5.97 Å². The van der Waals surface area contributed by atoms with Crippen molar-refractivity contribution in [1.29, 1.82) is 0 Å². The number of hydrogen-bond acceptors (Lipinski definition) is 3. The molecule has 0 fully saturated rings. The standard InChI is InChI=1S/C22H30O3/c1-16-9-8-14-22(3,4)20(23)15-17(2)19(13-12-16)25-21(24)18-10-6-5-7-11-18/h5-7,10-12,15,19-20,23H,8-9,13-14H2,1-4H3/b16-12?,17-15-/t19-,20+/m1/s1. The maximum absolute atomic E-state index is 12.4. The van der Waals surface area contributed by atoms with E-state index >= 15 is 0 Å². The Kier molecular flexibility index (Phi) is 6.60. The molecule has 1 N–H and O–H groups in total. The van der Waals surface area contributed by atoms with E-state index in [2.05, 4.69) is 26.8 Å². The fraction of sp³-hybridized carbons (Fsp3) is 0.500. The maximum Gasteiger partial charge on any atom is 0.338 e. The second-order valence-electron chi connectivity index (χ2n) is 7.74. The maximum atomic E-state index is 12.4. The molecule has 1 aliphatic carbocycles. The van der Waals surface area contributed by atoms with Crippen LogP contribution in [-0.2, 0) is 4.74 Å². The molecule has 0 saturated carbocycles. The molecule has 3 nitrogen and oxygen atoms in total. The highest BCUT2D eigenvalue weighted by atomic mass is 16.5. The van der Waals surface area contributed by atoms with Gasteiger partial charge in [-0.3, -0.25) is 0 Å². The smallest absolute Gasteiger partial charge is 0.338 e. The molecule has 0 amide bonds. The number of benzene rings is 1. The van der Waals surface area contributed by atoms with Gasteiger partial charge in [-0.15, -0.1) is 0 Å². The van der Waals surface area contributed by atoms with Gasteiger partial charge in [0.25, 0.3) is 0 Å². The number of aliphatic hydroxyl groups is 1. The Morgan fingerprint density at radius 2 is 1.88 bits per heavy atom. The van der Waals surface area contributed by atoms with Crippen LogP contribution in [0.5, 0.6) is 0 Å². The van der Waals surface area contributed by atoms with Gasteiger partial charge in [-0.25, -0.2) is 4.79 Å². The lowest BCUT2D eigenvalue weighted by Crippen LogP contribution is -2.29. The molecule has 0 saturated heterocycles. The zero-order valence-electron chi connectivity index (χ0n) is 15.8. The third kappa shape index (κ3) is 5.57. The third-order valence-corrected chi connectivity index (χ3v) is 5.06. The van der Waals surface area contributed by atoms with Gasteiger partial charge in [-0.2, -0.15) is 0 Å². The van der Waals surface area contributed by atoms with E-state index in [0.717, 1.165) is 24.8 Å². The summed E-state index contributed by atoms with van der Waals surface area (Å²) in [4.78, 5) is 12.4. The minimum atomic E-state index is -0.552. The van der Waals surface area contributed by atoms with E-state index in [1.165, 1.54) is 5.57 Å². The Balaban J connectivity index is 2.25. The Bertz CT molecular complexity index is 640. The number of hydrogen-bond donors (Lipinski definition) is 1. The number of rotatable bonds is 2. The van der Waals surface area contributed by atoms with E-state index in [4.69, 9.17) is 4.74 Å². The molecule has 0 radical (unpaired) electrons. The minimum absolute atomic E-state index is 0.195. The zero-order chi connectivity index (χ0) is 18.4. The van der Waals surface area contributed by atoms with Crippen LogP contribution in [0.15, 0.2) is 53.6 Å². The average Bonchev–Trinajstić information content (AvgIpc) is 2.59. The fourth-order valence-electron chi connectivity index (χ4n) is 3.06. The normalized spacial score (nSPS) is 26.6. The van der Waals surface area contributed by atoms with Gasteiger partial charge in [-0.1, -0.05) is 49.8 Å². The Morgan fingerprint density at radius 1 is 1.20 bits per heavy atom. The molecule has 25 heavy (non-hydrogen) atoms. The molecule has 1 aromatic carbocycles. The molecule has 0 aliphatic heterocycles. The van der Waals surface area contributed by atoms with Gasteiger partial charge < -0.3 is 9.84 Å². The monoisotopic (exact) mass is 342 g/mol. The van der Waals surface area contributed by atoms with E-state index in [1.807, 2.05) is 31.2 Å². The van der Waals surface area contributed by atoms with Gasteiger partial charge in [0.15, 0.2) is 0 Å². The summed E-state index contributed by atoms with van der Waals surface area (Å²) in [5.41, 5.74) is 2.56. The third-order valence-electron chi connectivity index (χ3n) is 5.06. The van der Waals surface area contributed by atoms with Crippen LogP contribution in [0.4, 0.5) is 0 Å². The highest BCUT2D eigenvalue weighted by Crippen LogP contribution is 2.31. The summed E-state index contributed by atoms with van der Waals surface area (Å²) in [7, 11) is 0. The summed E-state index contributed by atoms with van der Waals surface area (Å²) in [6.45, 7) is 8.23. The van der Waals surface area contributed by atoms with Crippen molar-refractivity contribution >= 4 is 5.97 Å². The number of ether oxygens (including phenoxy) is 1. The van der Waals surface area contributed by atoms with Crippen molar-refractivity contribution in [3.05, 3.63) is 59.2 Å². The van der Waals surface area contributed by atoms with E-state index < -0.39 is 6.10 Å². The van der Waals surface area contributed by atoms with Crippen LogP contribution in [0.3, 0.4) is 0 Å². The SMILES string of the molecule is CC1=CC[C@@H](OC(=O)c2ccccc2)/C(C)=C\[C@H](O)C(C)(C)CCC1. The molecule has 0 aromatic heterocycles. The molecule has 3 heteroatoms. The summed E-state index contributed by atoms with van der Waals surface area (Å²) < 4.78 is 5.76. The van der Waals surface area contributed by atoms with E-state index in [9.17, 15) is 9.90 Å². The highest BCUT2D eigenvalue weighted by Gasteiger charge is 2.27. The Labute approximate surface area is 151 Å². The molecule has 1 aliphatic rings. The molecule has 1 aromatic rings. The minimum Gasteiger partial charge on any atom is -0.454 e. The second kappa shape index (κ2) is 8.48. The largest absolute Gasteiger partial charge is 0.454 e. The van der Waals surface area contributed by atoms with E-state index in [1.54, 1.807) is 12.1 Å². The van der Waals surface area contributed by atoms with Crippen LogP contribution < -0.4 is 0 Å². The van der Waals surface area contributed by atoms with Crippen LogP contribution in [0, 0.1) is 5.41 Å².